The van der Waals surface area contributed by atoms with Gasteiger partial charge in [-0.15, -0.1) is 0 Å². The lowest BCUT2D eigenvalue weighted by molar-refractivity contribution is -0.702. The molecule has 0 bridgehead atoms. The second kappa shape index (κ2) is 15.8. The van der Waals surface area contributed by atoms with Crippen molar-refractivity contribution >= 4 is 8.07 Å². The Hall–Kier alpha value is -1.01. The van der Waals surface area contributed by atoms with Gasteiger partial charge in [-0.2, -0.15) is 0 Å². The van der Waals surface area contributed by atoms with Crippen molar-refractivity contribution in [2.45, 2.75) is 136 Å². The van der Waals surface area contributed by atoms with Gasteiger partial charge in [-0.25, -0.2) is 9.13 Å². The van der Waals surface area contributed by atoms with Gasteiger partial charge in [-0.3, -0.25) is 0 Å². The summed E-state index contributed by atoms with van der Waals surface area (Å²) in [7, 11) is -0.802. The van der Waals surface area contributed by atoms with Crippen LogP contribution in [0.3, 0.4) is 0 Å². The minimum atomic E-state index is -0.802. The van der Waals surface area contributed by atoms with Crippen molar-refractivity contribution in [3.8, 4) is 11.8 Å². The van der Waals surface area contributed by atoms with Crippen molar-refractivity contribution in [1.82, 2.24) is 4.57 Å². The van der Waals surface area contributed by atoms with Crippen LogP contribution in [0, 0.1) is 18.8 Å². The van der Waals surface area contributed by atoms with E-state index < -0.39 is 8.07 Å². The Labute approximate surface area is 183 Å². The molecule has 0 atom stereocenters. The summed E-state index contributed by atoms with van der Waals surface area (Å²) in [6.07, 6.45) is 22.0. The zero-order chi connectivity index (χ0) is 21.4. The summed E-state index contributed by atoms with van der Waals surface area (Å²) < 4.78 is 4.69. The lowest BCUT2D eigenvalue weighted by Gasteiger charge is -2.14. The number of hydrogen-bond acceptors (Lipinski definition) is 0. The van der Waals surface area contributed by atoms with E-state index in [1.807, 2.05) is 0 Å². The number of rotatable bonds is 16. The summed E-state index contributed by atoms with van der Waals surface area (Å²) in [5, 5.41) is 0. The van der Waals surface area contributed by atoms with E-state index >= 15 is 0 Å². The van der Waals surface area contributed by atoms with Gasteiger partial charge in [-0.1, -0.05) is 102 Å². The quantitative estimate of drug-likeness (QED) is 0.114. The van der Waals surface area contributed by atoms with Gasteiger partial charge in [0.15, 0.2) is 6.54 Å². The first-order chi connectivity index (χ1) is 13.9. The van der Waals surface area contributed by atoms with Crippen LogP contribution in [0.25, 0.3) is 0 Å². The average molecular weight is 418 g/mol. The first kappa shape index (κ1) is 26.0. The van der Waals surface area contributed by atoms with Crippen molar-refractivity contribution in [1.29, 1.82) is 0 Å². The van der Waals surface area contributed by atoms with Gasteiger partial charge in [-0.05, 0) is 19.3 Å². The zero-order valence-corrected chi connectivity index (χ0v) is 21.4. The fourth-order valence-corrected chi connectivity index (χ4v) is 5.12. The van der Waals surface area contributed by atoms with Gasteiger partial charge in [0.05, 0.1) is 6.54 Å². The molecule has 2 nitrogen and oxygen atoms in total. The van der Waals surface area contributed by atoms with Crippen LogP contribution in [-0.4, -0.2) is 12.6 Å². The molecule has 0 fully saturated rings. The van der Waals surface area contributed by atoms with Crippen LogP contribution in [-0.2, 0) is 13.1 Å². The number of unbranched alkanes of at least 4 members (excludes halogenated alkanes) is 11. The monoisotopic (exact) mass is 417 g/mol. The third kappa shape index (κ3) is 13.8. The Balaban J connectivity index is 2.04. The minimum absolute atomic E-state index is 0.802. The topological polar surface area (TPSA) is 8.81 Å². The number of imidazole rings is 1. The van der Waals surface area contributed by atoms with Crippen LogP contribution in [0.1, 0.15) is 96.2 Å². The van der Waals surface area contributed by atoms with E-state index in [-0.39, 0.29) is 0 Å². The lowest BCUT2D eigenvalue weighted by Crippen LogP contribution is -2.35. The molecule has 0 unspecified atom stereocenters. The Morgan fingerprint density at radius 2 is 1.45 bits per heavy atom. The van der Waals surface area contributed by atoms with Gasteiger partial charge < -0.3 is 0 Å². The molecule has 0 aliphatic rings. The molecule has 0 amide bonds. The van der Waals surface area contributed by atoms with Crippen LogP contribution in [0.4, 0.5) is 0 Å². The molecule has 166 valence electrons. The van der Waals surface area contributed by atoms with Gasteiger partial charge in [0.2, 0.25) is 0 Å². The molecular formula is C26H49N2Si+. The van der Waals surface area contributed by atoms with E-state index in [2.05, 4.69) is 66.9 Å². The Morgan fingerprint density at radius 1 is 0.828 bits per heavy atom. The molecule has 3 heteroatoms. The Kier molecular flexibility index (Phi) is 14.2. The number of aryl methyl sites for hydroxylation is 1. The summed E-state index contributed by atoms with van der Waals surface area (Å²) in [5.74, 6) is 7.99. The van der Waals surface area contributed by atoms with Gasteiger partial charge in [0.1, 0.15) is 12.4 Å². The standard InChI is InChI=1S/C26H49N2Si/c1-6-7-8-9-15-18-21-27-23-24-28(26(27)2)22-19-16-13-11-10-12-14-17-20-25-29(3,4)5/h23-24H,6-14,16-17,19-22,25H2,1-5H3/q+1. The third-order valence-electron chi connectivity index (χ3n) is 5.86. The molecule has 1 heterocycles. The van der Waals surface area contributed by atoms with Crippen molar-refractivity contribution in [3.05, 3.63) is 18.2 Å². The van der Waals surface area contributed by atoms with E-state index in [0.29, 0.717) is 0 Å². The van der Waals surface area contributed by atoms with Gasteiger partial charge in [0.25, 0.3) is 5.82 Å². The summed E-state index contributed by atoms with van der Waals surface area (Å²) >= 11 is 0. The van der Waals surface area contributed by atoms with E-state index in [9.17, 15) is 0 Å². The maximum Gasteiger partial charge on any atom is 0.254 e. The van der Waals surface area contributed by atoms with E-state index in [0.717, 1.165) is 19.5 Å². The molecule has 1 aromatic heterocycles. The molecule has 1 rings (SSSR count). The summed E-state index contributed by atoms with van der Waals surface area (Å²) in [4.78, 5) is 0. The average Bonchev–Trinajstić information content (AvgIpc) is 3.01. The maximum atomic E-state index is 3.33. The minimum Gasteiger partial charge on any atom is -0.234 e. The predicted octanol–water partition coefficient (Wildman–Crippen LogP) is 7.52. The largest absolute Gasteiger partial charge is 0.254 e. The maximum absolute atomic E-state index is 3.33. The SMILES string of the molecule is CCCCCC#CCn1cc[n+](CCCCCCCCCCC[Si](C)(C)C)c1C. The zero-order valence-electron chi connectivity index (χ0n) is 20.4. The molecule has 0 aliphatic carbocycles. The molecule has 0 N–H and O–H groups in total. The van der Waals surface area contributed by atoms with Gasteiger partial charge in [0, 0.05) is 21.4 Å². The summed E-state index contributed by atoms with van der Waals surface area (Å²) in [6.45, 7) is 13.9. The van der Waals surface area contributed by atoms with Crippen LogP contribution >= 0.6 is 0 Å². The van der Waals surface area contributed by atoms with E-state index in [1.165, 1.54) is 88.9 Å². The van der Waals surface area contributed by atoms with Gasteiger partial charge >= 0.3 is 0 Å². The third-order valence-corrected chi connectivity index (χ3v) is 7.72. The smallest absolute Gasteiger partial charge is 0.234 e. The Morgan fingerprint density at radius 3 is 2.07 bits per heavy atom. The molecule has 0 spiro atoms. The molecule has 0 aromatic carbocycles. The second-order valence-corrected chi connectivity index (χ2v) is 15.6. The Bertz CT molecular complexity index is 586. The van der Waals surface area contributed by atoms with E-state index in [1.54, 1.807) is 0 Å². The number of hydrogen-bond donors (Lipinski definition) is 0. The normalized spacial score (nSPS) is 11.5. The molecule has 0 radical (unpaired) electrons. The van der Waals surface area contributed by atoms with Crippen molar-refractivity contribution in [2.24, 2.45) is 0 Å². The highest BCUT2D eigenvalue weighted by Crippen LogP contribution is 2.16. The lowest BCUT2D eigenvalue weighted by atomic mass is 10.1. The molecular weight excluding hydrogens is 368 g/mol. The fourth-order valence-electron chi connectivity index (χ4n) is 3.81. The van der Waals surface area contributed by atoms with Crippen molar-refractivity contribution in [3.63, 3.8) is 0 Å². The van der Waals surface area contributed by atoms with Crippen LogP contribution < -0.4 is 4.57 Å². The molecule has 0 saturated heterocycles. The van der Waals surface area contributed by atoms with Crippen LogP contribution in [0.5, 0.6) is 0 Å². The van der Waals surface area contributed by atoms with E-state index in [4.69, 9.17) is 0 Å². The number of aromatic nitrogens is 2. The summed E-state index contributed by atoms with van der Waals surface area (Å²) in [5.41, 5.74) is 0. The molecule has 0 aliphatic heterocycles. The molecule has 0 saturated carbocycles. The van der Waals surface area contributed by atoms with Crippen LogP contribution in [0.2, 0.25) is 25.7 Å². The van der Waals surface area contributed by atoms with Crippen LogP contribution in [0.15, 0.2) is 12.4 Å². The fraction of sp³-hybridized carbons (Fsp3) is 0.808. The highest BCUT2D eigenvalue weighted by atomic mass is 28.3. The first-order valence-corrected chi connectivity index (χ1v) is 16.2. The highest BCUT2D eigenvalue weighted by molar-refractivity contribution is 6.76. The molecule has 1 aromatic rings. The molecule has 29 heavy (non-hydrogen) atoms. The number of nitrogens with zero attached hydrogens (tertiary/aromatic N) is 2. The van der Waals surface area contributed by atoms with Crippen molar-refractivity contribution < 1.29 is 4.57 Å². The highest BCUT2D eigenvalue weighted by Gasteiger charge is 2.11. The van der Waals surface area contributed by atoms with Crippen molar-refractivity contribution in [2.75, 3.05) is 0 Å². The second-order valence-electron chi connectivity index (χ2n) is 9.97. The summed E-state index contributed by atoms with van der Waals surface area (Å²) in [6, 6.07) is 1.51. The predicted molar refractivity (Wildman–Crippen MR) is 131 cm³/mol. The first-order valence-electron chi connectivity index (χ1n) is 12.4.